The summed E-state index contributed by atoms with van der Waals surface area (Å²) >= 11 is 1.60. The van der Waals surface area contributed by atoms with Crippen LogP contribution in [0.15, 0.2) is 5.51 Å². The summed E-state index contributed by atoms with van der Waals surface area (Å²) in [6.45, 7) is 2.00. The van der Waals surface area contributed by atoms with Crippen LogP contribution < -0.4 is 0 Å². The van der Waals surface area contributed by atoms with Gasteiger partial charge >= 0.3 is 0 Å². The van der Waals surface area contributed by atoms with Crippen molar-refractivity contribution in [3.63, 3.8) is 0 Å². The fourth-order valence-electron chi connectivity index (χ4n) is 3.69. The second-order valence-electron chi connectivity index (χ2n) is 5.49. The third-order valence-electron chi connectivity index (χ3n) is 4.50. The van der Waals surface area contributed by atoms with Crippen LogP contribution in [0.3, 0.4) is 0 Å². The summed E-state index contributed by atoms with van der Waals surface area (Å²) in [6, 6.07) is 0. The predicted molar refractivity (Wildman–Crippen MR) is 65.4 cm³/mol. The number of aryl methyl sites for hydroxylation is 1. The SMILES string of the molecule is Cc1ncsc1C(O)CC1CC2CCC1C2. The normalized spacial score (nSPS) is 34.5. The van der Waals surface area contributed by atoms with Gasteiger partial charge in [-0.2, -0.15) is 0 Å². The Morgan fingerprint density at radius 1 is 1.50 bits per heavy atom. The van der Waals surface area contributed by atoms with Gasteiger partial charge in [0.15, 0.2) is 0 Å². The molecule has 0 aliphatic heterocycles. The molecule has 4 atom stereocenters. The highest BCUT2D eigenvalue weighted by atomic mass is 32.1. The maximum absolute atomic E-state index is 10.2. The summed E-state index contributed by atoms with van der Waals surface area (Å²) in [7, 11) is 0. The summed E-state index contributed by atoms with van der Waals surface area (Å²) in [6.07, 6.45) is 6.33. The van der Waals surface area contributed by atoms with E-state index in [2.05, 4.69) is 4.98 Å². The molecule has 0 aromatic carbocycles. The van der Waals surface area contributed by atoms with Gasteiger partial charge in [0.2, 0.25) is 0 Å². The minimum absolute atomic E-state index is 0.267. The first kappa shape index (κ1) is 10.7. The summed E-state index contributed by atoms with van der Waals surface area (Å²) in [4.78, 5) is 5.30. The first-order valence-electron chi connectivity index (χ1n) is 6.32. The first-order valence-corrected chi connectivity index (χ1v) is 7.20. The molecule has 3 heteroatoms. The van der Waals surface area contributed by atoms with Gasteiger partial charge in [0.25, 0.3) is 0 Å². The van der Waals surface area contributed by atoms with Gasteiger partial charge < -0.3 is 5.11 Å². The lowest BCUT2D eigenvalue weighted by Gasteiger charge is -2.23. The number of hydrogen-bond acceptors (Lipinski definition) is 3. The largest absolute Gasteiger partial charge is 0.387 e. The van der Waals surface area contributed by atoms with Crippen molar-refractivity contribution < 1.29 is 5.11 Å². The molecule has 4 unspecified atom stereocenters. The molecular weight excluding hydrogens is 218 g/mol. The Kier molecular flexibility index (Phi) is 2.76. The number of thiazole rings is 1. The topological polar surface area (TPSA) is 33.1 Å². The zero-order chi connectivity index (χ0) is 11.1. The van der Waals surface area contributed by atoms with E-state index in [9.17, 15) is 5.11 Å². The van der Waals surface area contributed by atoms with Crippen molar-refractivity contribution in [3.8, 4) is 0 Å². The number of hydrogen-bond donors (Lipinski definition) is 1. The van der Waals surface area contributed by atoms with Gasteiger partial charge in [0, 0.05) is 0 Å². The molecule has 1 N–H and O–H groups in total. The van der Waals surface area contributed by atoms with E-state index >= 15 is 0 Å². The molecule has 1 aromatic rings. The van der Waals surface area contributed by atoms with Gasteiger partial charge in [0.05, 0.1) is 22.2 Å². The van der Waals surface area contributed by atoms with Crippen LogP contribution >= 0.6 is 11.3 Å². The Morgan fingerprint density at radius 3 is 2.94 bits per heavy atom. The Labute approximate surface area is 101 Å². The average molecular weight is 237 g/mol. The molecule has 1 aromatic heterocycles. The Hall–Kier alpha value is -0.410. The molecule has 1 heterocycles. The van der Waals surface area contributed by atoms with Crippen molar-refractivity contribution >= 4 is 11.3 Å². The van der Waals surface area contributed by atoms with Crippen molar-refractivity contribution in [2.24, 2.45) is 17.8 Å². The molecular formula is C13H19NOS. The molecule has 0 spiro atoms. The Morgan fingerprint density at radius 2 is 2.38 bits per heavy atom. The molecule has 2 aliphatic rings. The molecule has 2 bridgehead atoms. The van der Waals surface area contributed by atoms with Crippen LogP contribution in [0.1, 0.15) is 48.8 Å². The molecule has 2 nitrogen and oxygen atoms in total. The fraction of sp³-hybridized carbons (Fsp3) is 0.769. The van der Waals surface area contributed by atoms with Crippen molar-refractivity contribution in [1.82, 2.24) is 4.98 Å². The molecule has 0 radical (unpaired) electrons. The standard InChI is InChI=1S/C13H19NOS/c1-8-13(16-7-14-8)12(15)6-11-5-9-2-3-10(11)4-9/h7,9-12,15H,2-6H2,1H3. The summed E-state index contributed by atoms with van der Waals surface area (Å²) in [5.41, 5.74) is 2.86. The smallest absolute Gasteiger partial charge is 0.0903 e. The minimum atomic E-state index is -0.267. The third-order valence-corrected chi connectivity index (χ3v) is 5.53. The highest BCUT2D eigenvalue weighted by Crippen LogP contribution is 2.51. The highest BCUT2D eigenvalue weighted by Gasteiger charge is 2.40. The van der Waals surface area contributed by atoms with E-state index in [1.54, 1.807) is 11.3 Å². The number of rotatable bonds is 3. The number of aliphatic hydroxyl groups excluding tert-OH is 1. The van der Waals surface area contributed by atoms with Gasteiger partial charge in [0.1, 0.15) is 0 Å². The van der Waals surface area contributed by atoms with Crippen molar-refractivity contribution in [1.29, 1.82) is 0 Å². The second-order valence-corrected chi connectivity index (χ2v) is 6.37. The Bertz CT molecular complexity index is 376. The molecule has 2 saturated carbocycles. The predicted octanol–water partition coefficient (Wildman–Crippen LogP) is 3.31. The van der Waals surface area contributed by atoms with Crippen LogP contribution in [-0.4, -0.2) is 10.1 Å². The van der Waals surface area contributed by atoms with E-state index in [4.69, 9.17) is 0 Å². The van der Waals surface area contributed by atoms with E-state index in [1.807, 2.05) is 12.4 Å². The van der Waals surface area contributed by atoms with E-state index < -0.39 is 0 Å². The molecule has 0 amide bonds. The van der Waals surface area contributed by atoms with E-state index in [1.165, 1.54) is 25.7 Å². The van der Waals surface area contributed by atoms with Crippen molar-refractivity contribution in [2.45, 2.75) is 45.1 Å². The summed E-state index contributed by atoms with van der Waals surface area (Å²) in [5.74, 6) is 2.66. The quantitative estimate of drug-likeness (QED) is 0.875. The van der Waals surface area contributed by atoms with Crippen LogP contribution in [0.2, 0.25) is 0 Å². The van der Waals surface area contributed by atoms with E-state index in [0.29, 0.717) is 0 Å². The van der Waals surface area contributed by atoms with Crippen molar-refractivity contribution in [3.05, 3.63) is 16.1 Å². The number of nitrogens with zero attached hydrogens (tertiary/aromatic N) is 1. The van der Waals surface area contributed by atoms with Crippen LogP contribution in [0, 0.1) is 24.7 Å². The lowest BCUT2D eigenvalue weighted by molar-refractivity contribution is 0.128. The minimum Gasteiger partial charge on any atom is -0.387 e. The van der Waals surface area contributed by atoms with E-state index in [-0.39, 0.29) is 6.10 Å². The lowest BCUT2D eigenvalue weighted by atomic mass is 9.84. The first-order chi connectivity index (χ1) is 7.74. The second kappa shape index (κ2) is 4.11. The third kappa shape index (κ3) is 1.80. The fourth-order valence-corrected chi connectivity index (χ4v) is 4.49. The van der Waals surface area contributed by atoms with Gasteiger partial charge in [-0.3, -0.25) is 0 Å². The highest BCUT2D eigenvalue weighted by molar-refractivity contribution is 7.09. The van der Waals surface area contributed by atoms with Gasteiger partial charge in [-0.15, -0.1) is 11.3 Å². The molecule has 2 aliphatic carbocycles. The zero-order valence-corrected chi connectivity index (χ0v) is 10.5. The van der Waals surface area contributed by atoms with Crippen LogP contribution in [0.4, 0.5) is 0 Å². The molecule has 2 fully saturated rings. The van der Waals surface area contributed by atoms with E-state index in [0.717, 1.165) is 34.7 Å². The lowest BCUT2D eigenvalue weighted by Crippen LogP contribution is -2.14. The van der Waals surface area contributed by atoms with Gasteiger partial charge in [-0.1, -0.05) is 6.42 Å². The number of aromatic nitrogens is 1. The molecule has 0 saturated heterocycles. The van der Waals surface area contributed by atoms with Gasteiger partial charge in [-0.25, -0.2) is 4.98 Å². The van der Waals surface area contributed by atoms with Gasteiger partial charge in [-0.05, 0) is 50.4 Å². The number of aliphatic hydroxyl groups is 1. The molecule has 3 rings (SSSR count). The van der Waals surface area contributed by atoms with Crippen molar-refractivity contribution in [2.75, 3.05) is 0 Å². The van der Waals surface area contributed by atoms with Crippen LogP contribution in [-0.2, 0) is 0 Å². The zero-order valence-electron chi connectivity index (χ0n) is 9.72. The number of fused-ring (bicyclic) bond motifs is 2. The maximum atomic E-state index is 10.2. The molecule has 16 heavy (non-hydrogen) atoms. The summed E-state index contributed by atoms with van der Waals surface area (Å²) in [5, 5.41) is 10.2. The maximum Gasteiger partial charge on any atom is 0.0903 e. The average Bonchev–Trinajstić information content (AvgIpc) is 2.92. The summed E-state index contributed by atoms with van der Waals surface area (Å²) < 4.78 is 0. The molecule has 88 valence electrons. The van der Waals surface area contributed by atoms with Crippen LogP contribution in [0.25, 0.3) is 0 Å². The monoisotopic (exact) mass is 237 g/mol. The Balaban J connectivity index is 1.65. The van der Waals surface area contributed by atoms with Crippen LogP contribution in [0.5, 0.6) is 0 Å².